The summed E-state index contributed by atoms with van der Waals surface area (Å²) in [6.07, 6.45) is 0.850. The van der Waals surface area contributed by atoms with Crippen LogP contribution >= 0.6 is 0 Å². The topological polar surface area (TPSA) is 114 Å². The Morgan fingerprint density at radius 1 is 1.67 bits per heavy atom. The molecule has 0 aromatic carbocycles. The Labute approximate surface area is 104 Å². The van der Waals surface area contributed by atoms with E-state index in [1.165, 1.54) is 17.6 Å². The Morgan fingerprint density at radius 3 is 3.22 bits per heavy atom. The number of aliphatic hydroxyl groups is 2. The van der Waals surface area contributed by atoms with E-state index >= 15 is 0 Å². The van der Waals surface area contributed by atoms with Gasteiger partial charge in [0, 0.05) is 6.42 Å². The van der Waals surface area contributed by atoms with Crippen LogP contribution in [0.15, 0.2) is 15.0 Å². The van der Waals surface area contributed by atoms with Gasteiger partial charge in [-0.2, -0.15) is 0 Å². The number of amidine groups is 2. The van der Waals surface area contributed by atoms with E-state index in [1.807, 2.05) is 0 Å². The van der Waals surface area contributed by atoms with E-state index in [-0.39, 0.29) is 24.7 Å². The normalized spacial score (nSPS) is 43.1. The van der Waals surface area contributed by atoms with Crippen LogP contribution in [0.2, 0.25) is 0 Å². The molecule has 0 aromatic heterocycles. The smallest absolute Gasteiger partial charge is 0.168 e. The summed E-state index contributed by atoms with van der Waals surface area (Å²) >= 11 is 0. The summed E-state index contributed by atoms with van der Waals surface area (Å²) < 4.78 is 13.6. The first-order valence-corrected chi connectivity index (χ1v) is 5.54. The van der Waals surface area contributed by atoms with Crippen molar-refractivity contribution in [2.45, 2.75) is 30.9 Å². The maximum absolute atomic E-state index is 9.72. The largest absolute Gasteiger partial charge is 0.394 e. The second kappa shape index (κ2) is 4.23. The summed E-state index contributed by atoms with van der Waals surface area (Å²) in [4.78, 5) is 13.1. The lowest BCUT2D eigenvalue weighted by atomic mass is 10.1. The van der Waals surface area contributed by atoms with Gasteiger partial charge in [0.2, 0.25) is 0 Å². The molecule has 0 aromatic rings. The molecule has 96 valence electrons. The minimum atomic E-state index is -1.64. The van der Waals surface area contributed by atoms with Gasteiger partial charge in [-0.3, -0.25) is 15.3 Å². The Balaban J connectivity index is 1.85. The predicted octanol–water partition coefficient (Wildman–Crippen LogP) is -1.42. The van der Waals surface area contributed by atoms with Gasteiger partial charge in [-0.1, -0.05) is 0 Å². The van der Waals surface area contributed by atoms with Crippen LogP contribution in [0, 0.1) is 5.41 Å². The highest BCUT2D eigenvalue weighted by atomic mass is 16.5. The first-order valence-electron chi connectivity index (χ1n) is 6.04. The van der Waals surface area contributed by atoms with Crippen LogP contribution in [-0.4, -0.2) is 70.5 Å². The van der Waals surface area contributed by atoms with E-state index in [2.05, 4.69) is 15.0 Å². The molecule has 8 heteroatoms. The van der Waals surface area contributed by atoms with Gasteiger partial charge in [-0.15, -0.1) is 0 Å². The number of hydrogen-bond donors (Lipinski definition) is 3. The fourth-order valence-corrected chi connectivity index (χ4v) is 2.11. The molecule has 3 rings (SSSR count). The molecule has 1 unspecified atom stereocenters. The third-order valence-corrected chi connectivity index (χ3v) is 3.05. The fourth-order valence-electron chi connectivity index (χ4n) is 2.11. The SMILES string of the molecule is [2H]C12N=CN([C@H]3C[C@H](O)[C@@H](CO)O3)C1=NC=NC2=N. The molecule has 0 aliphatic carbocycles. The van der Waals surface area contributed by atoms with E-state index in [0.717, 1.165) is 0 Å². The van der Waals surface area contributed by atoms with Crippen molar-refractivity contribution in [2.75, 3.05) is 6.61 Å². The maximum atomic E-state index is 9.72. The molecule has 1 fully saturated rings. The van der Waals surface area contributed by atoms with Crippen LogP contribution in [0.1, 0.15) is 7.79 Å². The summed E-state index contributed by atoms with van der Waals surface area (Å²) in [5, 5.41) is 26.4. The predicted molar refractivity (Wildman–Crippen MR) is 64.1 cm³/mol. The molecule has 8 nitrogen and oxygen atoms in total. The number of nitrogens with one attached hydrogen (secondary N) is 1. The number of hydrogen-bond acceptors (Lipinski definition) is 7. The maximum Gasteiger partial charge on any atom is 0.168 e. The van der Waals surface area contributed by atoms with Crippen LogP contribution in [0.3, 0.4) is 0 Å². The zero-order chi connectivity index (χ0) is 13.6. The Bertz CT molecular complexity index is 507. The van der Waals surface area contributed by atoms with E-state index < -0.39 is 24.5 Å². The van der Waals surface area contributed by atoms with Gasteiger partial charge >= 0.3 is 0 Å². The van der Waals surface area contributed by atoms with Gasteiger partial charge in [0.05, 0.1) is 20.4 Å². The molecule has 18 heavy (non-hydrogen) atoms. The van der Waals surface area contributed by atoms with E-state index in [9.17, 15) is 5.11 Å². The number of aliphatic imine (C=N–C) groups is 3. The lowest BCUT2D eigenvalue weighted by Gasteiger charge is -2.25. The second-order valence-corrected chi connectivity index (χ2v) is 4.16. The lowest BCUT2D eigenvalue weighted by molar-refractivity contribution is -0.0432. The molecule has 0 radical (unpaired) electrons. The minimum Gasteiger partial charge on any atom is -0.394 e. The quantitative estimate of drug-likeness (QED) is 0.560. The molecule has 3 aliphatic heterocycles. The number of aliphatic hydroxyl groups excluding tert-OH is 2. The van der Waals surface area contributed by atoms with Gasteiger partial charge in [-0.25, -0.2) is 9.98 Å². The number of fused-ring (bicyclic) bond motifs is 1. The van der Waals surface area contributed by atoms with Gasteiger partial charge in [0.25, 0.3) is 0 Å². The monoisotopic (exact) mass is 252 g/mol. The third kappa shape index (κ3) is 1.65. The Hall–Kier alpha value is -1.64. The van der Waals surface area contributed by atoms with Crippen LogP contribution in [0.5, 0.6) is 0 Å². The highest BCUT2D eigenvalue weighted by molar-refractivity contribution is 6.20. The molecular weight excluding hydrogens is 238 g/mol. The molecule has 0 bridgehead atoms. The molecule has 3 aliphatic rings. The van der Waals surface area contributed by atoms with Crippen molar-refractivity contribution in [3.05, 3.63) is 0 Å². The van der Waals surface area contributed by atoms with Crippen molar-refractivity contribution in [1.82, 2.24) is 4.90 Å². The van der Waals surface area contributed by atoms with E-state index in [4.69, 9.17) is 16.6 Å². The molecular formula is C10H13N5O3. The van der Waals surface area contributed by atoms with Crippen molar-refractivity contribution in [3.8, 4) is 0 Å². The summed E-state index contributed by atoms with van der Waals surface area (Å²) in [5.74, 6) is 0.0109. The van der Waals surface area contributed by atoms with Crippen molar-refractivity contribution in [3.63, 3.8) is 0 Å². The van der Waals surface area contributed by atoms with Crippen molar-refractivity contribution >= 4 is 24.3 Å². The molecule has 4 atom stereocenters. The summed E-state index contributed by atoms with van der Waals surface area (Å²) in [6.45, 7) is -0.279. The lowest BCUT2D eigenvalue weighted by Crippen LogP contribution is -2.42. The van der Waals surface area contributed by atoms with Gasteiger partial charge < -0.3 is 14.9 Å². The molecule has 0 saturated carbocycles. The zero-order valence-corrected chi connectivity index (χ0v) is 9.39. The van der Waals surface area contributed by atoms with Crippen LogP contribution in [0.4, 0.5) is 0 Å². The molecule has 0 spiro atoms. The molecule has 3 N–H and O–H groups in total. The fraction of sp³-hybridized carbons (Fsp3) is 0.600. The average molecular weight is 252 g/mol. The van der Waals surface area contributed by atoms with Crippen LogP contribution in [-0.2, 0) is 4.74 Å². The molecule has 3 heterocycles. The van der Waals surface area contributed by atoms with Gasteiger partial charge in [0.15, 0.2) is 11.9 Å². The van der Waals surface area contributed by atoms with Crippen molar-refractivity contribution < 1.29 is 16.3 Å². The average Bonchev–Trinajstić information content (AvgIpc) is 2.92. The van der Waals surface area contributed by atoms with Crippen LogP contribution < -0.4 is 0 Å². The molecule has 0 amide bonds. The minimum absolute atomic E-state index is 0.214. The highest BCUT2D eigenvalue weighted by Gasteiger charge is 2.42. The summed E-state index contributed by atoms with van der Waals surface area (Å²) in [7, 11) is 0. The van der Waals surface area contributed by atoms with Crippen molar-refractivity contribution in [2.24, 2.45) is 15.0 Å². The summed E-state index contributed by atoms with van der Waals surface area (Å²) in [6, 6.07) is -1.64. The standard InChI is InChI=1S/C10H13N5O3/c11-9-8-10(13-3-12-9)15(4-14-8)7-1-5(17)6(2-16)18-7/h3-8,11,16-17H,1-2H2/t5-,6+,7+,8?/m0/s1/i8D. The van der Waals surface area contributed by atoms with E-state index in [1.54, 1.807) is 0 Å². The molecule has 1 saturated heterocycles. The number of ether oxygens (including phenoxy) is 1. The van der Waals surface area contributed by atoms with Crippen LogP contribution in [0.25, 0.3) is 0 Å². The summed E-state index contributed by atoms with van der Waals surface area (Å²) in [5.41, 5.74) is 0. The number of nitrogens with zero attached hydrogens (tertiary/aromatic N) is 4. The third-order valence-electron chi connectivity index (χ3n) is 3.05. The van der Waals surface area contributed by atoms with Crippen molar-refractivity contribution in [1.29, 1.82) is 5.41 Å². The Kier molecular flexibility index (Phi) is 2.42. The van der Waals surface area contributed by atoms with Gasteiger partial charge in [-0.05, 0) is 0 Å². The first-order chi connectivity index (χ1) is 9.06. The Morgan fingerprint density at radius 2 is 2.50 bits per heavy atom. The van der Waals surface area contributed by atoms with Gasteiger partial charge in [0.1, 0.15) is 24.5 Å². The second-order valence-electron chi connectivity index (χ2n) is 4.16. The van der Waals surface area contributed by atoms with E-state index in [0.29, 0.717) is 0 Å². The number of rotatable bonds is 2. The zero-order valence-electron chi connectivity index (χ0n) is 10.4. The first kappa shape index (κ1) is 10.3. The highest BCUT2D eigenvalue weighted by Crippen LogP contribution is 2.26.